The SMILES string of the molecule is CC(C)(C)c1ccc(-c2cc(C(C)(C)C)cc(-c3ccc(C(C)(C)C)cc3)c2N2[CH-]N(c3[c-]c(Oc4[c-]c5c(cc4)c4c6sc7ccccc7c6ccc4n5-c4cc(C(C)(C)C)ccn4)ccc3)c3ccccc32)cc1.[Pt]. The molecule has 0 bridgehead atoms. The second-order valence-corrected chi connectivity index (χ2v) is 25.7. The number of para-hydroxylation sites is 2. The number of fused-ring (bicyclic) bond motifs is 8. The molecule has 8 aromatic carbocycles. The van der Waals surface area contributed by atoms with Gasteiger partial charge < -0.3 is 19.1 Å². The predicted molar refractivity (Wildman–Crippen MR) is 323 cm³/mol. The minimum absolute atomic E-state index is 0. The Bertz CT molecular complexity index is 3970. The topological polar surface area (TPSA) is 33.5 Å². The molecule has 5 nitrogen and oxygen atoms in total. The second-order valence-electron chi connectivity index (χ2n) is 24.7. The van der Waals surface area contributed by atoms with Crippen LogP contribution in [0.25, 0.3) is 70.0 Å². The summed E-state index contributed by atoms with van der Waals surface area (Å²) < 4.78 is 11.6. The predicted octanol–water partition coefficient (Wildman–Crippen LogP) is 19.9. The van der Waals surface area contributed by atoms with Crippen molar-refractivity contribution in [2.75, 3.05) is 9.80 Å². The molecule has 0 aliphatic carbocycles. The van der Waals surface area contributed by atoms with E-state index < -0.39 is 0 Å². The van der Waals surface area contributed by atoms with Gasteiger partial charge in [0.1, 0.15) is 5.82 Å². The van der Waals surface area contributed by atoms with E-state index in [-0.39, 0.29) is 42.7 Å². The van der Waals surface area contributed by atoms with E-state index in [1.807, 2.05) is 29.7 Å². The number of aromatic nitrogens is 2. The van der Waals surface area contributed by atoms with Crippen LogP contribution in [0.4, 0.5) is 22.7 Å². The van der Waals surface area contributed by atoms with Crippen LogP contribution in [0.1, 0.15) is 105 Å². The third kappa shape index (κ3) is 9.46. The molecule has 0 radical (unpaired) electrons. The Hall–Kier alpha value is -6.98. The molecule has 12 rings (SSSR count). The Morgan fingerprint density at radius 3 is 1.69 bits per heavy atom. The molecule has 0 unspecified atom stereocenters. The maximum absolute atomic E-state index is 6.86. The van der Waals surface area contributed by atoms with Gasteiger partial charge in [-0.15, -0.1) is 59.4 Å². The van der Waals surface area contributed by atoms with Gasteiger partial charge in [0.2, 0.25) is 0 Å². The van der Waals surface area contributed by atoms with Crippen molar-refractivity contribution in [1.82, 2.24) is 9.55 Å². The van der Waals surface area contributed by atoms with E-state index in [1.165, 1.54) is 70.1 Å². The fraction of sp³-hybridized carbons (Fsp3) is 0.229. The van der Waals surface area contributed by atoms with Crippen molar-refractivity contribution in [1.29, 1.82) is 0 Å². The van der Waals surface area contributed by atoms with Crippen LogP contribution in [0.5, 0.6) is 11.5 Å². The number of rotatable bonds is 7. The smallest absolute Gasteiger partial charge is 0.135 e. The van der Waals surface area contributed by atoms with Crippen molar-refractivity contribution in [2.24, 2.45) is 0 Å². The van der Waals surface area contributed by atoms with Crippen LogP contribution in [-0.4, -0.2) is 9.55 Å². The molecule has 0 fully saturated rings. The molecule has 0 spiro atoms. The first-order chi connectivity index (χ1) is 36.2. The first-order valence-electron chi connectivity index (χ1n) is 26.6. The number of pyridine rings is 1. The monoisotopic (exact) mass is 1200 g/mol. The van der Waals surface area contributed by atoms with Crippen molar-refractivity contribution in [2.45, 2.75) is 105 Å². The van der Waals surface area contributed by atoms with Crippen LogP contribution >= 0.6 is 11.3 Å². The molecule has 0 atom stereocenters. The van der Waals surface area contributed by atoms with Crippen LogP contribution in [0, 0.1) is 18.8 Å². The first kappa shape index (κ1) is 52.1. The third-order valence-electron chi connectivity index (χ3n) is 15.2. The van der Waals surface area contributed by atoms with Gasteiger partial charge in [-0.25, -0.2) is 4.98 Å². The van der Waals surface area contributed by atoms with Gasteiger partial charge in [-0.05, 0) is 109 Å². The van der Waals surface area contributed by atoms with Crippen molar-refractivity contribution in [3.8, 4) is 39.6 Å². The quantitative estimate of drug-likeness (QED) is 0.149. The third-order valence-corrected chi connectivity index (χ3v) is 16.4. The number of benzene rings is 8. The summed E-state index contributed by atoms with van der Waals surface area (Å²) in [6.45, 7) is 29.6. The van der Waals surface area contributed by atoms with Gasteiger partial charge in [0.25, 0.3) is 0 Å². The summed E-state index contributed by atoms with van der Waals surface area (Å²) in [6.07, 6.45) is 1.93. The molecule has 77 heavy (non-hydrogen) atoms. The number of anilines is 4. The first-order valence-corrected chi connectivity index (χ1v) is 27.4. The average Bonchev–Trinajstić information content (AvgIpc) is 4.12. The summed E-state index contributed by atoms with van der Waals surface area (Å²) in [5.74, 6) is 2.04. The Kier molecular flexibility index (Phi) is 13.0. The van der Waals surface area contributed by atoms with E-state index >= 15 is 0 Å². The zero-order chi connectivity index (χ0) is 53.1. The van der Waals surface area contributed by atoms with E-state index in [4.69, 9.17) is 9.72 Å². The maximum atomic E-state index is 6.86. The molecule has 1 aliphatic heterocycles. The Morgan fingerprint density at radius 1 is 0.494 bits per heavy atom. The summed E-state index contributed by atoms with van der Waals surface area (Å²) in [5.41, 5.74) is 15.8. The van der Waals surface area contributed by atoms with E-state index in [0.29, 0.717) is 11.5 Å². The van der Waals surface area contributed by atoms with Gasteiger partial charge in [-0.1, -0.05) is 174 Å². The van der Waals surface area contributed by atoms with E-state index in [9.17, 15) is 0 Å². The van der Waals surface area contributed by atoms with Crippen LogP contribution < -0.4 is 14.5 Å². The van der Waals surface area contributed by atoms with Crippen molar-refractivity contribution < 1.29 is 25.8 Å². The van der Waals surface area contributed by atoms with Crippen LogP contribution in [-0.2, 0) is 42.7 Å². The zero-order valence-electron chi connectivity index (χ0n) is 46.2. The van der Waals surface area contributed by atoms with Gasteiger partial charge in [-0.2, -0.15) is 12.1 Å². The average molecular weight is 1210 g/mol. The Balaban J connectivity index is 0.00000631. The number of thiophene rings is 1. The normalized spacial score (nSPS) is 13.2. The molecule has 1 aliphatic rings. The number of nitrogens with zero attached hydrogens (tertiary/aromatic N) is 4. The molecule has 0 amide bonds. The molecule has 4 heterocycles. The van der Waals surface area contributed by atoms with Crippen LogP contribution in [0.2, 0.25) is 0 Å². The fourth-order valence-corrected chi connectivity index (χ4v) is 12.1. The van der Waals surface area contributed by atoms with E-state index in [1.54, 1.807) is 0 Å². The minimum Gasteiger partial charge on any atom is -0.509 e. The minimum atomic E-state index is -0.106. The molecule has 0 saturated carbocycles. The summed E-state index contributed by atoms with van der Waals surface area (Å²) in [7, 11) is 0. The van der Waals surface area contributed by atoms with E-state index in [0.717, 1.165) is 45.0 Å². The Morgan fingerprint density at radius 2 is 1.06 bits per heavy atom. The summed E-state index contributed by atoms with van der Waals surface area (Å²) >= 11 is 1.84. The molecule has 390 valence electrons. The molecule has 0 saturated heterocycles. The summed E-state index contributed by atoms with van der Waals surface area (Å²) in [6, 6.07) is 67.4. The molecule has 0 N–H and O–H groups in total. The standard InChI is InChI=1S/C70H65N4OS.Pt/c1-67(2,3)46-28-24-44(25-29-46)56-38-49(70(10,11)12)39-57(45-26-30-47(31-27-45)68(4,5)6)65(56)73-43-72(58-21-14-15-22-59(58)73)50-18-17-19-51(41-50)75-52-32-33-55-61(42-52)74(63-40-48(36-37-71-63)69(7,8)9)60-35-34-54-53-20-13-16-23-62(53)76-66(54)64(55)60;/h13-40,43H,1-12H3;/q-3;. The van der Waals surface area contributed by atoms with Gasteiger partial charge >= 0.3 is 0 Å². The van der Waals surface area contributed by atoms with Crippen LogP contribution in [0.3, 0.4) is 0 Å². The summed E-state index contributed by atoms with van der Waals surface area (Å²) in [5, 5.41) is 4.83. The summed E-state index contributed by atoms with van der Waals surface area (Å²) in [4.78, 5) is 9.64. The van der Waals surface area contributed by atoms with Gasteiger partial charge in [0, 0.05) is 92.6 Å². The largest absolute Gasteiger partial charge is 0.509 e. The number of ether oxygens (including phenoxy) is 1. The molecule has 11 aromatic rings. The van der Waals surface area contributed by atoms with E-state index in [2.05, 4.69) is 268 Å². The number of hydrogen-bond acceptors (Lipinski definition) is 5. The van der Waals surface area contributed by atoms with Gasteiger partial charge in [0.05, 0.1) is 0 Å². The van der Waals surface area contributed by atoms with Crippen molar-refractivity contribution in [3.05, 3.63) is 211 Å². The van der Waals surface area contributed by atoms with Crippen molar-refractivity contribution in [3.63, 3.8) is 0 Å². The molecular weight excluding hydrogens is 1140 g/mol. The molecule has 7 heteroatoms. The fourth-order valence-electron chi connectivity index (χ4n) is 10.8. The van der Waals surface area contributed by atoms with Crippen molar-refractivity contribution >= 4 is 76.1 Å². The second kappa shape index (κ2) is 19.2. The molecular formula is C70H65N4OPtS-3. The Labute approximate surface area is 473 Å². The van der Waals surface area contributed by atoms with Gasteiger partial charge in [0.15, 0.2) is 0 Å². The maximum Gasteiger partial charge on any atom is 0.135 e. The van der Waals surface area contributed by atoms with Gasteiger partial charge in [-0.3, -0.25) is 0 Å². The number of hydrogen-bond donors (Lipinski definition) is 0. The molecule has 3 aromatic heterocycles. The zero-order valence-corrected chi connectivity index (χ0v) is 49.3. The van der Waals surface area contributed by atoms with Crippen LogP contribution in [0.15, 0.2) is 170 Å².